The maximum Gasteiger partial charge on any atom is 0.254 e. The summed E-state index contributed by atoms with van der Waals surface area (Å²) in [5.41, 5.74) is 1.74. The lowest BCUT2D eigenvalue weighted by Crippen LogP contribution is -2.26. The Morgan fingerprint density at radius 3 is 3.15 bits per heavy atom. The normalized spacial score (nSPS) is 14.8. The van der Waals surface area contributed by atoms with Crippen LogP contribution in [0.1, 0.15) is 15.9 Å². The Labute approximate surface area is 76.6 Å². The van der Waals surface area contributed by atoms with Crippen LogP contribution >= 0.6 is 0 Å². The second-order valence-electron chi connectivity index (χ2n) is 3.03. The number of carbonyl (C=O) groups excluding carboxylic acids is 1. The SMILES string of the molecule is O=C1c2c[c]ccc2CN1CCO. The van der Waals surface area contributed by atoms with Crippen molar-refractivity contribution in [2.45, 2.75) is 6.54 Å². The fraction of sp³-hybridized carbons (Fsp3) is 0.300. The summed E-state index contributed by atoms with van der Waals surface area (Å²) >= 11 is 0. The third-order valence-corrected chi connectivity index (χ3v) is 2.20. The number of nitrogens with zero attached hydrogens (tertiary/aromatic N) is 1. The van der Waals surface area contributed by atoms with Crippen molar-refractivity contribution in [3.8, 4) is 0 Å². The number of amides is 1. The Balaban J connectivity index is 2.28. The van der Waals surface area contributed by atoms with Gasteiger partial charge >= 0.3 is 0 Å². The average molecular weight is 176 g/mol. The third-order valence-electron chi connectivity index (χ3n) is 2.20. The zero-order valence-electron chi connectivity index (χ0n) is 7.16. The second kappa shape index (κ2) is 3.18. The van der Waals surface area contributed by atoms with E-state index in [0.717, 1.165) is 11.1 Å². The standard InChI is InChI=1S/C10H10NO2/c12-6-5-11-7-8-3-1-2-4-9(8)10(11)13/h1,3-4,12H,5-7H2. The number of hydrogen-bond acceptors (Lipinski definition) is 2. The van der Waals surface area contributed by atoms with Gasteiger partial charge in [0.15, 0.2) is 0 Å². The first kappa shape index (κ1) is 8.26. The molecule has 0 bridgehead atoms. The number of aliphatic hydroxyl groups excluding tert-OH is 1. The Kier molecular flexibility index (Phi) is 2.02. The van der Waals surface area contributed by atoms with Crippen LogP contribution in [-0.2, 0) is 6.54 Å². The molecule has 1 aliphatic heterocycles. The summed E-state index contributed by atoms with van der Waals surface area (Å²) in [5, 5.41) is 8.72. The van der Waals surface area contributed by atoms with Crippen LogP contribution in [0.15, 0.2) is 18.2 Å². The maximum absolute atomic E-state index is 11.6. The fourth-order valence-electron chi connectivity index (χ4n) is 1.55. The van der Waals surface area contributed by atoms with Gasteiger partial charge in [0, 0.05) is 18.7 Å². The first-order valence-corrected chi connectivity index (χ1v) is 4.22. The summed E-state index contributed by atoms with van der Waals surface area (Å²) in [4.78, 5) is 13.2. The highest BCUT2D eigenvalue weighted by Crippen LogP contribution is 2.21. The van der Waals surface area contributed by atoms with E-state index in [0.29, 0.717) is 13.1 Å². The van der Waals surface area contributed by atoms with Crippen molar-refractivity contribution in [3.63, 3.8) is 0 Å². The van der Waals surface area contributed by atoms with Crippen LogP contribution in [0.5, 0.6) is 0 Å². The Hall–Kier alpha value is -1.35. The molecule has 0 atom stereocenters. The van der Waals surface area contributed by atoms with Gasteiger partial charge in [-0.1, -0.05) is 12.1 Å². The molecular weight excluding hydrogens is 166 g/mol. The molecule has 0 fully saturated rings. The van der Waals surface area contributed by atoms with Crippen LogP contribution in [0.4, 0.5) is 0 Å². The molecule has 0 aliphatic carbocycles. The third kappa shape index (κ3) is 1.31. The van der Waals surface area contributed by atoms with Gasteiger partial charge in [-0.05, 0) is 17.7 Å². The van der Waals surface area contributed by atoms with Gasteiger partial charge in [0.2, 0.25) is 0 Å². The molecule has 1 N–H and O–H groups in total. The average Bonchev–Trinajstić information content (AvgIpc) is 2.46. The van der Waals surface area contributed by atoms with Crippen molar-refractivity contribution in [2.24, 2.45) is 0 Å². The van der Waals surface area contributed by atoms with E-state index in [9.17, 15) is 4.79 Å². The molecule has 1 heterocycles. The Morgan fingerprint density at radius 2 is 2.46 bits per heavy atom. The van der Waals surface area contributed by atoms with Crippen molar-refractivity contribution in [3.05, 3.63) is 35.4 Å². The maximum atomic E-state index is 11.6. The van der Waals surface area contributed by atoms with Crippen LogP contribution in [0.25, 0.3) is 0 Å². The minimum atomic E-state index is 0.000833. The van der Waals surface area contributed by atoms with Crippen LogP contribution in [0.3, 0.4) is 0 Å². The Bertz CT molecular complexity index is 335. The fourth-order valence-corrected chi connectivity index (χ4v) is 1.55. The summed E-state index contributed by atoms with van der Waals surface area (Å²) in [6.45, 7) is 1.04. The summed E-state index contributed by atoms with van der Waals surface area (Å²) < 4.78 is 0. The van der Waals surface area contributed by atoms with Gasteiger partial charge in [-0.25, -0.2) is 0 Å². The molecule has 2 rings (SSSR count). The van der Waals surface area contributed by atoms with E-state index in [-0.39, 0.29) is 12.5 Å². The molecule has 3 heteroatoms. The lowest BCUT2D eigenvalue weighted by molar-refractivity contribution is 0.0745. The highest BCUT2D eigenvalue weighted by molar-refractivity contribution is 5.98. The Morgan fingerprint density at radius 1 is 1.62 bits per heavy atom. The van der Waals surface area contributed by atoms with E-state index in [1.807, 2.05) is 6.07 Å². The van der Waals surface area contributed by atoms with Gasteiger partial charge in [0.25, 0.3) is 5.91 Å². The molecule has 0 spiro atoms. The van der Waals surface area contributed by atoms with Gasteiger partial charge in [-0.3, -0.25) is 4.79 Å². The number of β-amino-alcohol motifs (C(OH)–C–C–N with tert-alkyl or cyclic N) is 1. The minimum Gasteiger partial charge on any atom is -0.395 e. The molecule has 1 aromatic rings. The summed E-state index contributed by atoms with van der Waals surface area (Å²) in [7, 11) is 0. The van der Waals surface area contributed by atoms with E-state index in [4.69, 9.17) is 5.11 Å². The van der Waals surface area contributed by atoms with Crippen LogP contribution in [0, 0.1) is 6.07 Å². The lowest BCUT2D eigenvalue weighted by atomic mass is 10.1. The molecule has 13 heavy (non-hydrogen) atoms. The van der Waals surface area contributed by atoms with Gasteiger partial charge in [0.1, 0.15) is 0 Å². The molecule has 0 unspecified atom stereocenters. The van der Waals surface area contributed by atoms with Crippen LogP contribution < -0.4 is 0 Å². The summed E-state index contributed by atoms with van der Waals surface area (Å²) in [6.07, 6.45) is 0. The van der Waals surface area contributed by atoms with E-state index in [2.05, 4.69) is 6.07 Å². The molecule has 0 saturated carbocycles. The highest BCUT2D eigenvalue weighted by Gasteiger charge is 2.25. The minimum absolute atomic E-state index is 0.000833. The van der Waals surface area contributed by atoms with E-state index < -0.39 is 0 Å². The molecule has 3 nitrogen and oxygen atoms in total. The topological polar surface area (TPSA) is 40.5 Å². The monoisotopic (exact) mass is 176 g/mol. The number of aliphatic hydroxyl groups is 1. The molecule has 1 aliphatic rings. The van der Waals surface area contributed by atoms with Crippen molar-refractivity contribution >= 4 is 5.91 Å². The van der Waals surface area contributed by atoms with E-state index >= 15 is 0 Å². The number of benzene rings is 1. The van der Waals surface area contributed by atoms with E-state index in [1.54, 1.807) is 17.0 Å². The predicted molar refractivity (Wildman–Crippen MR) is 47.1 cm³/mol. The zero-order valence-corrected chi connectivity index (χ0v) is 7.16. The van der Waals surface area contributed by atoms with Crippen LogP contribution in [0.2, 0.25) is 0 Å². The number of hydrogen-bond donors (Lipinski definition) is 1. The van der Waals surface area contributed by atoms with Gasteiger partial charge in [-0.15, -0.1) is 0 Å². The van der Waals surface area contributed by atoms with Crippen molar-refractivity contribution in [1.29, 1.82) is 0 Å². The second-order valence-corrected chi connectivity index (χ2v) is 3.03. The molecule has 1 amide bonds. The van der Waals surface area contributed by atoms with Crippen molar-refractivity contribution < 1.29 is 9.90 Å². The summed E-state index contributed by atoms with van der Waals surface area (Å²) in [6, 6.07) is 8.27. The molecule has 67 valence electrons. The number of fused-ring (bicyclic) bond motifs is 1. The van der Waals surface area contributed by atoms with Gasteiger partial charge in [-0.2, -0.15) is 0 Å². The van der Waals surface area contributed by atoms with Gasteiger partial charge in [0.05, 0.1) is 6.61 Å². The quantitative estimate of drug-likeness (QED) is 0.710. The molecule has 1 radical (unpaired) electrons. The molecular formula is C10H10NO2. The van der Waals surface area contributed by atoms with Crippen molar-refractivity contribution in [2.75, 3.05) is 13.2 Å². The number of carbonyl (C=O) groups is 1. The molecule has 1 aromatic carbocycles. The number of rotatable bonds is 2. The van der Waals surface area contributed by atoms with Gasteiger partial charge < -0.3 is 10.0 Å². The zero-order chi connectivity index (χ0) is 9.26. The first-order chi connectivity index (χ1) is 6.33. The molecule has 0 aromatic heterocycles. The largest absolute Gasteiger partial charge is 0.395 e. The first-order valence-electron chi connectivity index (χ1n) is 4.22. The van der Waals surface area contributed by atoms with Crippen LogP contribution in [-0.4, -0.2) is 29.1 Å². The lowest BCUT2D eigenvalue weighted by Gasteiger charge is -2.12. The van der Waals surface area contributed by atoms with Crippen molar-refractivity contribution in [1.82, 2.24) is 4.90 Å². The summed E-state index contributed by atoms with van der Waals surface area (Å²) in [5.74, 6) is 0.000833. The predicted octanol–water partition coefficient (Wildman–Crippen LogP) is 0.435. The smallest absolute Gasteiger partial charge is 0.254 e. The molecule has 0 saturated heterocycles. The van der Waals surface area contributed by atoms with E-state index in [1.165, 1.54) is 0 Å². The highest BCUT2D eigenvalue weighted by atomic mass is 16.3.